The van der Waals surface area contributed by atoms with Crippen molar-refractivity contribution in [3.8, 4) is 0 Å². The van der Waals surface area contributed by atoms with E-state index < -0.39 is 0 Å². The molecule has 1 aromatic rings. The van der Waals surface area contributed by atoms with Crippen LogP contribution in [0.5, 0.6) is 0 Å². The number of carbonyl (C=O) groups is 1. The van der Waals surface area contributed by atoms with Gasteiger partial charge in [-0.1, -0.05) is 6.07 Å². The molecule has 1 aliphatic heterocycles. The third-order valence-electron chi connectivity index (χ3n) is 3.16. The Balaban J connectivity index is 1.95. The van der Waals surface area contributed by atoms with Crippen LogP contribution in [0.15, 0.2) is 18.2 Å². The van der Waals surface area contributed by atoms with Crippen LogP contribution in [0, 0.1) is 5.82 Å². The predicted molar refractivity (Wildman–Crippen MR) is 53.7 cm³/mol. The molecular formula is C12H12FNO. The lowest BCUT2D eigenvalue weighted by Gasteiger charge is -2.28. The van der Waals surface area contributed by atoms with E-state index in [1.807, 2.05) is 4.90 Å². The van der Waals surface area contributed by atoms with E-state index >= 15 is 0 Å². The van der Waals surface area contributed by atoms with Gasteiger partial charge in [-0.15, -0.1) is 0 Å². The van der Waals surface area contributed by atoms with E-state index in [-0.39, 0.29) is 11.7 Å². The van der Waals surface area contributed by atoms with Crippen molar-refractivity contribution < 1.29 is 9.18 Å². The van der Waals surface area contributed by atoms with Gasteiger partial charge in [0.05, 0.1) is 6.42 Å². The summed E-state index contributed by atoms with van der Waals surface area (Å²) in [7, 11) is 0. The quantitative estimate of drug-likeness (QED) is 0.685. The summed E-state index contributed by atoms with van der Waals surface area (Å²) in [5.41, 5.74) is 1.96. The van der Waals surface area contributed by atoms with Crippen molar-refractivity contribution in [2.24, 2.45) is 0 Å². The maximum atomic E-state index is 13.0. The van der Waals surface area contributed by atoms with Crippen LogP contribution in [-0.2, 0) is 17.8 Å². The summed E-state index contributed by atoms with van der Waals surface area (Å²) in [6.45, 7) is 0.594. The van der Waals surface area contributed by atoms with Gasteiger partial charge in [0, 0.05) is 12.6 Å². The van der Waals surface area contributed by atoms with E-state index in [9.17, 15) is 9.18 Å². The number of benzene rings is 1. The highest BCUT2D eigenvalue weighted by Gasteiger charge is 2.35. The van der Waals surface area contributed by atoms with Gasteiger partial charge < -0.3 is 4.90 Å². The zero-order valence-corrected chi connectivity index (χ0v) is 8.37. The molecule has 0 N–H and O–H groups in total. The minimum Gasteiger partial charge on any atom is -0.335 e. The standard InChI is InChI=1S/C12H12FNO/c13-10-2-1-8-6-12(15)14(11-3-4-11)7-9(8)5-10/h1-2,5,11H,3-4,6-7H2. The topological polar surface area (TPSA) is 20.3 Å². The Hall–Kier alpha value is -1.38. The fraction of sp³-hybridized carbons (Fsp3) is 0.417. The summed E-state index contributed by atoms with van der Waals surface area (Å²) in [5, 5.41) is 0. The number of amides is 1. The Morgan fingerprint density at radius 3 is 2.80 bits per heavy atom. The number of carbonyl (C=O) groups excluding carboxylic acids is 1. The van der Waals surface area contributed by atoms with E-state index in [0.29, 0.717) is 19.0 Å². The van der Waals surface area contributed by atoms with Crippen molar-refractivity contribution in [1.29, 1.82) is 0 Å². The zero-order valence-electron chi connectivity index (χ0n) is 8.37. The first-order chi connectivity index (χ1) is 7.24. The molecule has 0 unspecified atom stereocenters. The number of rotatable bonds is 1. The maximum Gasteiger partial charge on any atom is 0.227 e. The highest BCUT2D eigenvalue weighted by atomic mass is 19.1. The molecule has 1 saturated carbocycles. The number of nitrogens with zero attached hydrogens (tertiary/aromatic N) is 1. The number of fused-ring (bicyclic) bond motifs is 1. The van der Waals surface area contributed by atoms with Crippen LogP contribution in [0.1, 0.15) is 24.0 Å². The summed E-state index contributed by atoms with van der Waals surface area (Å²) in [4.78, 5) is 13.6. The van der Waals surface area contributed by atoms with Crippen LogP contribution in [0.4, 0.5) is 4.39 Å². The molecule has 1 amide bonds. The summed E-state index contributed by atoms with van der Waals surface area (Å²) in [5.74, 6) is -0.0181. The third kappa shape index (κ3) is 1.52. The maximum absolute atomic E-state index is 13.0. The normalized spacial score (nSPS) is 20.3. The van der Waals surface area contributed by atoms with E-state index in [2.05, 4.69) is 0 Å². The molecule has 0 saturated heterocycles. The van der Waals surface area contributed by atoms with Gasteiger partial charge in [0.2, 0.25) is 5.91 Å². The number of hydrogen-bond acceptors (Lipinski definition) is 1. The average Bonchev–Trinajstić information content (AvgIpc) is 3.01. The molecular weight excluding hydrogens is 193 g/mol. The third-order valence-corrected chi connectivity index (χ3v) is 3.16. The van der Waals surface area contributed by atoms with Gasteiger partial charge in [-0.2, -0.15) is 0 Å². The second-order valence-corrected chi connectivity index (χ2v) is 4.34. The predicted octanol–water partition coefficient (Wildman–Crippen LogP) is 1.87. The number of hydrogen-bond donors (Lipinski definition) is 0. The van der Waals surface area contributed by atoms with Crippen LogP contribution in [0.3, 0.4) is 0 Å². The summed E-state index contributed by atoms with van der Waals surface area (Å²) >= 11 is 0. The molecule has 0 bridgehead atoms. The fourth-order valence-electron chi connectivity index (χ4n) is 2.17. The van der Waals surface area contributed by atoms with Gasteiger partial charge >= 0.3 is 0 Å². The smallest absolute Gasteiger partial charge is 0.227 e. The SMILES string of the molecule is O=C1Cc2ccc(F)cc2CN1C1CC1. The molecule has 0 atom stereocenters. The van der Waals surface area contributed by atoms with E-state index in [4.69, 9.17) is 0 Å². The van der Waals surface area contributed by atoms with Crippen LogP contribution in [0.2, 0.25) is 0 Å². The van der Waals surface area contributed by atoms with Crippen molar-refractivity contribution >= 4 is 5.91 Å². The molecule has 0 aromatic heterocycles. The minimum absolute atomic E-state index is 0.191. The van der Waals surface area contributed by atoms with E-state index in [1.54, 1.807) is 12.1 Å². The van der Waals surface area contributed by atoms with Gasteiger partial charge in [0.15, 0.2) is 0 Å². The van der Waals surface area contributed by atoms with Crippen LogP contribution >= 0.6 is 0 Å². The van der Waals surface area contributed by atoms with Crippen molar-refractivity contribution in [1.82, 2.24) is 4.90 Å². The van der Waals surface area contributed by atoms with Gasteiger partial charge in [0.1, 0.15) is 5.82 Å². The fourth-order valence-corrected chi connectivity index (χ4v) is 2.17. The van der Waals surface area contributed by atoms with Crippen LogP contribution in [-0.4, -0.2) is 16.8 Å². The molecule has 2 nitrogen and oxygen atoms in total. The Labute approximate surface area is 87.7 Å². The summed E-state index contributed by atoms with van der Waals surface area (Å²) < 4.78 is 13.0. The van der Waals surface area contributed by atoms with Crippen molar-refractivity contribution in [3.05, 3.63) is 35.1 Å². The second kappa shape index (κ2) is 3.05. The molecule has 1 fully saturated rings. The van der Waals surface area contributed by atoms with Crippen molar-refractivity contribution in [2.75, 3.05) is 0 Å². The minimum atomic E-state index is -0.209. The van der Waals surface area contributed by atoms with Crippen LogP contribution < -0.4 is 0 Å². The van der Waals surface area contributed by atoms with Crippen molar-refractivity contribution in [2.45, 2.75) is 31.8 Å². The second-order valence-electron chi connectivity index (χ2n) is 4.34. The van der Waals surface area contributed by atoms with Crippen molar-refractivity contribution in [3.63, 3.8) is 0 Å². The van der Waals surface area contributed by atoms with E-state index in [1.165, 1.54) is 6.07 Å². The molecule has 3 rings (SSSR count). The molecule has 1 aliphatic carbocycles. The highest BCUT2D eigenvalue weighted by Crippen LogP contribution is 2.32. The van der Waals surface area contributed by atoms with E-state index in [0.717, 1.165) is 24.0 Å². The molecule has 1 heterocycles. The molecule has 0 spiro atoms. The van der Waals surface area contributed by atoms with Gasteiger partial charge in [0.25, 0.3) is 0 Å². The first-order valence-corrected chi connectivity index (χ1v) is 5.31. The van der Waals surface area contributed by atoms with Gasteiger partial charge in [-0.3, -0.25) is 4.79 Å². The Kier molecular flexibility index (Phi) is 1.81. The first kappa shape index (κ1) is 8.89. The largest absolute Gasteiger partial charge is 0.335 e. The summed E-state index contributed by atoms with van der Waals surface area (Å²) in [6, 6.07) is 5.14. The van der Waals surface area contributed by atoms with Gasteiger partial charge in [-0.05, 0) is 36.1 Å². The Morgan fingerprint density at radius 2 is 2.07 bits per heavy atom. The molecule has 78 valence electrons. The average molecular weight is 205 g/mol. The Morgan fingerprint density at radius 1 is 1.27 bits per heavy atom. The Bertz CT molecular complexity index is 426. The molecule has 1 aromatic carbocycles. The monoisotopic (exact) mass is 205 g/mol. The highest BCUT2D eigenvalue weighted by molar-refractivity contribution is 5.81. The lowest BCUT2D eigenvalue weighted by Crippen LogP contribution is -2.37. The van der Waals surface area contributed by atoms with Crippen LogP contribution in [0.25, 0.3) is 0 Å². The lowest BCUT2D eigenvalue weighted by atomic mass is 9.99. The lowest BCUT2D eigenvalue weighted by molar-refractivity contribution is -0.132. The van der Waals surface area contributed by atoms with Gasteiger partial charge in [-0.25, -0.2) is 4.39 Å². The summed E-state index contributed by atoms with van der Waals surface area (Å²) in [6.07, 6.45) is 2.65. The molecule has 3 heteroatoms. The number of halogens is 1. The zero-order chi connectivity index (χ0) is 10.4. The molecule has 0 radical (unpaired) electrons. The molecule has 2 aliphatic rings. The first-order valence-electron chi connectivity index (χ1n) is 5.31. The molecule has 15 heavy (non-hydrogen) atoms.